The van der Waals surface area contributed by atoms with Crippen molar-refractivity contribution in [3.8, 4) is 5.75 Å². The average Bonchev–Trinajstić information content (AvgIpc) is 3.17. The van der Waals surface area contributed by atoms with Gasteiger partial charge in [0.05, 0.1) is 26.3 Å². The molecule has 0 radical (unpaired) electrons. The summed E-state index contributed by atoms with van der Waals surface area (Å²) in [6.45, 7) is 5.22. The van der Waals surface area contributed by atoms with Crippen molar-refractivity contribution in [2.24, 2.45) is 23.3 Å². The van der Waals surface area contributed by atoms with Crippen molar-refractivity contribution in [1.29, 1.82) is 0 Å². The van der Waals surface area contributed by atoms with E-state index in [9.17, 15) is 53.7 Å². The van der Waals surface area contributed by atoms with Gasteiger partial charge in [0, 0.05) is 13.5 Å². The van der Waals surface area contributed by atoms with E-state index < -0.39 is 103 Å². The number of phenolic OH excluding ortho intramolecular Hbond substituents is 1. The second-order valence-electron chi connectivity index (χ2n) is 15.4. The first-order valence-corrected chi connectivity index (χ1v) is 19.9. The van der Waals surface area contributed by atoms with Crippen molar-refractivity contribution < 1.29 is 53.7 Å². The smallest absolute Gasteiger partial charge is 0.245 e. The lowest BCUT2D eigenvalue weighted by Crippen LogP contribution is -2.59. The Morgan fingerprint density at radius 1 is 0.650 bits per heavy atom. The predicted octanol–water partition coefficient (Wildman–Crippen LogP) is -3.79. The van der Waals surface area contributed by atoms with Crippen LogP contribution in [0.4, 0.5) is 0 Å². The molecular weight excluding hydrogens is 784 g/mol. The molecule has 0 saturated heterocycles. The molecule has 1 aromatic carbocycles. The lowest BCUT2D eigenvalue weighted by molar-refractivity contribution is -0.139. The lowest BCUT2D eigenvalue weighted by Gasteiger charge is -2.28. The molecule has 0 unspecified atom stereocenters. The van der Waals surface area contributed by atoms with Gasteiger partial charge in [-0.1, -0.05) is 39.8 Å². The maximum absolute atomic E-state index is 13.8. The molecule has 0 aliphatic rings. The van der Waals surface area contributed by atoms with Gasteiger partial charge in [0.2, 0.25) is 47.3 Å². The highest BCUT2D eigenvalue weighted by Crippen LogP contribution is 2.14. The molecule has 60 heavy (non-hydrogen) atoms. The number of hydrogen-bond acceptors (Lipinski definition) is 13. The van der Waals surface area contributed by atoms with Gasteiger partial charge in [-0.2, -0.15) is 0 Å². The van der Waals surface area contributed by atoms with Gasteiger partial charge < -0.3 is 68.9 Å². The maximum Gasteiger partial charge on any atom is 0.245 e. The first-order valence-electron chi connectivity index (χ1n) is 19.9. The Kier molecular flexibility index (Phi) is 24.0. The largest absolute Gasteiger partial charge is 0.508 e. The number of carbonyl (C=O) groups excluding carboxylic acids is 8. The molecule has 0 aromatic heterocycles. The van der Waals surface area contributed by atoms with Crippen LogP contribution in [0.1, 0.15) is 65.4 Å². The average molecular weight is 851 g/mol. The zero-order valence-corrected chi connectivity index (χ0v) is 35.4. The number of aliphatic hydroxyl groups excluding tert-OH is 2. The monoisotopic (exact) mass is 850 g/mol. The number of nitrogens with two attached hydrogens (primary N) is 2. The van der Waals surface area contributed by atoms with Crippen LogP contribution >= 0.6 is 0 Å². The van der Waals surface area contributed by atoms with Crippen molar-refractivity contribution in [1.82, 2.24) is 42.1 Å². The number of amides is 8. The standard InChI is InChI=1S/C39H66N10O11/c1-22(2)15-27(43-32(53)18-42-5)36(57)47-29(17-24-10-12-25(52)13-11-24)39(60)49(6)19-33(54)44-31(21-51)38(59)45-26(9-7-8-14-40)35(56)46-28(16-23(3)4)37(58)48-30(20-50)34(41)55/h10-13,22-23,26-31,42,50-52H,7-9,14-21,40H2,1-6H3,(H2,41,55)(H,43,53)(H,44,54)(H,45,59)(H,46,56)(H,47,57)(H,48,58)/t26-,27+,28-,29-,30-,31-/m1/s1. The minimum absolute atomic E-state index is 0.0103. The van der Waals surface area contributed by atoms with Crippen molar-refractivity contribution in [2.45, 2.75) is 102 Å². The van der Waals surface area contributed by atoms with Gasteiger partial charge >= 0.3 is 0 Å². The van der Waals surface area contributed by atoms with Gasteiger partial charge in [0.1, 0.15) is 42.0 Å². The summed E-state index contributed by atoms with van der Waals surface area (Å²) < 4.78 is 0. The number of aliphatic hydroxyl groups is 2. The topological polar surface area (TPSA) is 337 Å². The predicted molar refractivity (Wildman–Crippen MR) is 220 cm³/mol. The fourth-order valence-corrected chi connectivity index (χ4v) is 5.93. The molecular formula is C39H66N10O11. The Labute approximate surface area is 350 Å². The number of nitrogens with zero attached hydrogens (tertiary/aromatic N) is 1. The Morgan fingerprint density at radius 2 is 1.12 bits per heavy atom. The highest BCUT2D eigenvalue weighted by Gasteiger charge is 2.33. The van der Waals surface area contributed by atoms with E-state index in [-0.39, 0.29) is 56.4 Å². The van der Waals surface area contributed by atoms with Gasteiger partial charge in [0.15, 0.2) is 0 Å². The first kappa shape index (κ1) is 52.6. The second kappa shape index (κ2) is 27.4. The summed E-state index contributed by atoms with van der Waals surface area (Å²) in [4.78, 5) is 106. The summed E-state index contributed by atoms with van der Waals surface area (Å²) in [5.74, 6) is -6.34. The van der Waals surface area contributed by atoms with Crippen molar-refractivity contribution >= 4 is 47.3 Å². The SMILES string of the molecule is CNCC(=O)N[C@@H](CC(C)C)C(=O)N[C@H](Cc1ccc(O)cc1)C(=O)N(C)CC(=O)N[C@H](CO)C(=O)N[C@H](CCCCN)C(=O)N[C@H](CC(C)C)C(=O)N[C@H](CO)C(N)=O. The van der Waals surface area contributed by atoms with E-state index in [2.05, 4.69) is 37.2 Å². The van der Waals surface area contributed by atoms with Crippen molar-refractivity contribution in [2.75, 3.05) is 46.9 Å². The van der Waals surface area contributed by atoms with Crippen LogP contribution in [0, 0.1) is 11.8 Å². The zero-order chi connectivity index (χ0) is 45.5. The van der Waals surface area contributed by atoms with Crippen LogP contribution in [0.5, 0.6) is 5.75 Å². The van der Waals surface area contributed by atoms with Gasteiger partial charge in [-0.05, 0) is 75.2 Å². The molecule has 0 aliphatic carbocycles. The fourth-order valence-electron chi connectivity index (χ4n) is 5.93. The van der Waals surface area contributed by atoms with Gasteiger partial charge in [0.25, 0.3) is 0 Å². The van der Waals surface area contributed by atoms with Gasteiger partial charge in [-0.3, -0.25) is 38.4 Å². The van der Waals surface area contributed by atoms with Crippen LogP contribution in [0.15, 0.2) is 24.3 Å². The molecule has 338 valence electrons. The molecule has 0 fully saturated rings. The molecule has 1 aromatic rings. The van der Waals surface area contributed by atoms with Crippen LogP contribution < -0.4 is 48.7 Å². The van der Waals surface area contributed by atoms with E-state index >= 15 is 0 Å². The maximum atomic E-state index is 13.8. The molecule has 0 aliphatic heterocycles. The molecule has 1 rings (SSSR count). The highest BCUT2D eigenvalue weighted by atomic mass is 16.3. The third-order valence-corrected chi connectivity index (χ3v) is 9.04. The van der Waals surface area contributed by atoms with Gasteiger partial charge in [-0.25, -0.2) is 0 Å². The molecule has 21 heteroatoms. The van der Waals surface area contributed by atoms with E-state index in [1.165, 1.54) is 19.2 Å². The number of nitrogens with one attached hydrogen (secondary N) is 7. The van der Waals surface area contributed by atoms with Crippen LogP contribution in [-0.4, -0.2) is 151 Å². The van der Waals surface area contributed by atoms with Crippen molar-refractivity contribution in [3.05, 3.63) is 29.8 Å². The number of aromatic hydroxyl groups is 1. The number of hydrogen-bond donors (Lipinski definition) is 12. The number of likely N-dealkylation sites (N-methyl/N-ethyl adjacent to an activating group) is 2. The Morgan fingerprint density at radius 3 is 1.62 bits per heavy atom. The van der Waals surface area contributed by atoms with Crippen LogP contribution in [-0.2, 0) is 44.8 Å². The number of phenols is 1. The number of rotatable bonds is 28. The third kappa shape index (κ3) is 19.6. The molecule has 6 atom stereocenters. The summed E-state index contributed by atoms with van der Waals surface area (Å²) in [5, 5.41) is 47.1. The zero-order valence-electron chi connectivity index (χ0n) is 35.4. The number of unbranched alkanes of at least 4 members (excludes halogenated alkanes) is 1. The van der Waals surface area contributed by atoms with E-state index in [0.29, 0.717) is 18.4 Å². The second-order valence-corrected chi connectivity index (χ2v) is 15.4. The lowest BCUT2D eigenvalue weighted by atomic mass is 10.0. The summed E-state index contributed by atoms with van der Waals surface area (Å²) in [7, 11) is 2.87. The number of carbonyl (C=O) groups is 8. The molecule has 0 heterocycles. The highest BCUT2D eigenvalue weighted by molar-refractivity contribution is 5.97. The summed E-state index contributed by atoms with van der Waals surface area (Å²) in [6, 6.07) is -1.76. The quantitative estimate of drug-likeness (QED) is 0.0361. The summed E-state index contributed by atoms with van der Waals surface area (Å²) >= 11 is 0. The fraction of sp³-hybridized carbons (Fsp3) is 0.641. The Hall–Kier alpha value is -5.38. The van der Waals surface area contributed by atoms with Crippen LogP contribution in [0.2, 0.25) is 0 Å². The molecule has 0 bridgehead atoms. The van der Waals surface area contributed by atoms with E-state index in [4.69, 9.17) is 11.5 Å². The molecule has 21 nitrogen and oxygen atoms in total. The van der Waals surface area contributed by atoms with E-state index in [1.807, 2.05) is 13.8 Å². The molecule has 0 saturated carbocycles. The molecule has 8 amide bonds. The van der Waals surface area contributed by atoms with E-state index in [0.717, 1.165) is 4.90 Å². The molecule has 0 spiro atoms. The van der Waals surface area contributed by atoms with Crippen LogP contribution in [0.25, 0.3) is 0 Å². The Balaban J connectivity index is 3.21. The Bertz CT molecular complexity index is 1580. The minimum atomic E-state index is -1.59. The first-order chi connectivity index (χ1) is 28.3. The number of benzene rings is 1. The normalized spacial score (nSPS) is 14.1. The number of primary amides is 1. The summed E-state index contributed by atoms with van der Waals surface area (Å²) in [5.41, 5.74) is 11.4. The van der Waals surface area contributed by atoms with E-state index in [1.54, 1.807) is 33.0 Å². The van der Waals surface area contributed by atoms with Crippen LogP contribution in [0.3, 0.4) is 0 Å². The summed E-state index contributed by atoms with van der Waals surface area (Å²) in [6.07, 6.45) is 1.22. The minimum Gasteiger partial charge on any atom is -0.508 e. The van der Waals surface area contributed by atoms with Gasteiger partial charge in [-0.15, -0.1) is 0 Å². The van der Waals surface area contributed by atoms with Crippen molar-refractivity contribution in [3.63, 3.8) is 0 Å². The third-order valence-electron chi connectivity index (χ3n) is 9.04. The molecule has 14 N–H and O–H groups in total.